The lowest BCUT2D eigenvalue weighted by molar-refractivity contribution is 0.674. The van der Waals surface area contributed by atoms with Crippen LogP contribution in [0, 0.1) is 0 Å². The highest BCUT2D eigenvalue weighted by Gasteiger charge is 2.22. The summed E-state index contributed by atoms with van der Waals surface area (Å²) in [4.78, 5) is 1.38. The molecule has 286 valence electrons. The summed E-state index contributed by atoms with van der Waals surface area (Å²) in [5, 5.41) is 5.77. The number of anilines is 3. The van der Waals surface area contributed by atoms with E-state index in [4.69, 9.17) is 4.42 Å². The van der Waals surface area contributed by atoms with Crippen molar-refractivity contribution in [3.05, 3.63) is 230 Å². The number of hydrogen-bond acceptors (Lipinski definition) is 2. The maximum Gasteiger partial charge on any atom is 0.143 e. The smallest absolute Gasteiger partial charge is 0.143 e. The fourth-order valence-corrected chi connectivity index (χ4v) is 8.77. The second kappa shape index (κ2) is 14.3. The van der Waals surface area contributed by atoms with Gasteiger partial charge in [-0.15, -0.1) is 0 Å². The monoisotopic (exact) mass is 786 g/mol. The van der Waals surface area contributed by atoms with E-state index in [9.17, 15) is 11.0 Å². The van der Waals surface area contributed by atoms with Crippen LogP contribution in [0.25, 0.3) is 93.6 Å². The van der Waals surface area contributed by atoms with Gasteiger partial charge < -0.3 is 13.9 Å². The Morgan fingerprint density at radius 3 is 1.64 bits per heavy atom. The molecule has 3 heteroatoms. The number of aromatic nitrogens is 1. The lowest BCUT2D eigenvalue weighted by atomic mass is 9.98. The molecule has 0 N–H and O–H groups in total. The van der Waals surface area contributed by atoms with Crippen molar-refractivity contribution in [2.45, 2.75) is 0 Å². The Kier molecular flexibility index (Phi) is 6.45. The number of nitrogens with zero attached hydrogens (tertiary/aromatic N) is 2. The average Bonchev–Trinajstić information content (AvgIpc) is 3.94. The van der Waals surface area contributed by atoms with Gasteiger partial charge in [0.15, 0.2) is 0 Å². The highest BCUT2D eigenvalue weighted by Crippen LogP contribution is 2.46. The number of hydrogen-bond donors (Lipinski definition) is 0. The van der Waals surface area contributed by atoms with E-state index in [0.29, 0.717) is 44.8 Å². The van der Waals surface area contributed by atoms with Gasteiger partial charge >= 0.3 is 0 Å². The predicted molar refractivity (Wildman–Crippen MR) is 257 cm³/mol. The van der Waals surface area contributed by atoms with Gasteiger partial charge in [-0.1, -0.05) is 176 Å². The third-order valence-electron chi connectivity index (χ3n) is 11.6. The molecule has 0 aliphatic carbocycles. The standard InChI is InChI=1S/C58H38N2O/c1-2-15-39(16-3-1)40-29-34-43(35-30-40)59(54-26-11-9-22-49(54)50-23-14-24-51-52-38-33-41-17-4-5-19-46(41)57(52)61-58(50)51)44-36-31-42(32-37-44)45-18-6-10-25-53(45)60-55-27-12-7-20-47(55)48-21-8-13-28-56(48)60/h1-38H/i29D,30D,31D,32D,34D,35D,36D,37D. The van der Waals surface area contributed by atoms with E-state index in [1.54, 1.807) is 42.5 Å². The van der Waals surface area contributed by atoms with Crippen LogP contribution in [0.3, 0.4) is 0 Å². The number of furan rings is 1. The lowest BCUT2D eigenvalue weighted by Crippen LogP contribution is -2.11. The van der Waals surface area contributed by atoms with Gasteiger partial charge in [0.2, 0.25) is 0 Å². The van der Waals surface area contributed by atoms with Gasteiger partial charge in [0.25, 0.3) is 0 Å². The minimum Gasteiger partial charge on any atom is -0.455 e. The molecule has 2 aromatic heterocycles. The first kappa shape index (κ1) is 27.5. The zero-order valence-corrected chi connectivity index (χ0v) is 32.6. The topological polar surface area (TPSA) is 21.3 Å². The first-order chi connectivity index (χ1) is 33.6. The number of para-hydroxylation sites is 5. The van der Waals surface area contributed by atoms with Crippen molar-refractivity contribution in [1.82, 2.24) is 4.57 Å². The van der Waals surface area contributed by atoms with Crippen molar-refractivity contribution in [1.29, 1.82) is 0 Å². The highest BCUT2D eigenvalue weighted by atomic mass is 16.3. The Morgan fingerprint density at radius 2 is 0.902 bits per heavy atom. The molecule has 0 unspecified atom stereocenters. The molecule has 0 atom stereocenters. The second-order valence-corrected chi connectivity index (χ2v) is 15.0. The third-order valence-corrected chi connectivity index (χ3v) is 11.6. The molecule has 0 aliphatic heterocycles. The van der Waals surface area contributed by atoms with Gasteiger partial charge in [0.1, 0.15) is 11.2 Å². The second-order valence-electron chi connectivity index (χ2n) is 15.0. The van der Waals surface area contributed by atoms with Crippen molar-refractivity contribution in [2.24, 2.45) is 0 Å². The molecule has 2 heterocycles. The van der Waals surface area contributed by atoms with E-state index in [1.165, 1.54) is 4.90 Å². The molecule has 61 heavy (non-hydrogen) atoms. The van der Waals surface area contributed by atoms with Crippen molar-refractivity contribution in [3.63, 3.8) is 0 Å². The van der Waals surface area contributed by atoms with Gasteiger partial charge in [-0.3, -0.25) is 0 Å². The number of fused-ring (bicyclic) bond motifs is 8. The Bertz CT molecular complexity index is 3970. The lowest BCUT2D eigenvalue weighted by Gasteiger charge is -2.28. The van der Waals surface area contributed by atoms with E-state index < -0.39 is 24.2 Å². The molecule has 12 aromatic rings. The van der Waals surface area contributed by atoms with Crippen LogP contribution in [-0.2, 0) is 0 Å². The molecule has 0 saturated heterocycles. The summed E-state index contributed by atoms with van der Waals surface area (Å²) in [6.07, 6.45) is 0. The van der Waals surface area contributed by atoms with Crippen molar-refractivity contribution < 1.29 is 15.4 Å². The van der Waals surface area contributed by atoms with E-state index in [0.717, 1.165) is 43.4 Å². The largest absolute Gasteiger partial charge is 0.455 e. The molecular formula is C58H38N2O. The van der Waals surface area contributed by atoms with Crippen LogP contribution >= 0.6 is 0 Å². The molecule has 10 aromatic carbocycles. The summed E-state index contributed by atoms with van der Waals surface area (Å²) < 4.78 is 86.8. The summed E-state index contributed by atoms with van der Waals surface area (Å²) in [6.45, 7) is 0. The van der Waals surface area contributed by atoms with Gasteiger partial charge in [0.05, 0.1) is 33.4 Å². The van der Waals surface area contributed by atoms with Crippen LogP contribution in [0.4, 0.5) is 17.1 Å². The van der Waals surface area contributed by atoms with E-state index in [-0.39, 0.29) is 46.7 Å². The van der Waals surface area contributed by atoms with Crippen LogP contribution in [0.2, 0.25) is 0 Å². The maximum atomic E-state index is 9.97. The quantitative estimate of drug-likeness (QED) is 0.160. The minimum absolute atomic E-state index is 0.0673. The first-order valence-corrected chi connectivity index (χ1v) is 20.2. The third kappa shape index (κ3) is 5.74. The molecule has 0 radical (unpaired) electrons. The number of rotatable bonds is 7. The zero-order valence-electron chi connectivity index (χ0n) is 40.6. The van der Waals surface area contributed by atoms with Crippen LogP contribution in [0.1, 0.15) is 11.0 Å². The van der Waals surface area contributed by atoms with Gasteiger partial charge in [-0.2, -0.15) is 0 Å². The Morgan fingerprint density at radius 1 is 0.361 bits per heavy atom. The molecule has 0 bridgehead atoms. The summed E-state index contributed by atoms with van der Waals surface area (Å²) in [5.41, 5.74) is 5.87. The average molecular weight is 787 g/mol. The van der Waals surface area contributed by atoms with E-state index >= 15 is 0 Å². The van der Waals surface area contributed by atoms with Crippen LogP contribution in [0.15, 0.2) is 235 Å². The molecule has 12 rings (SSSR count). The predicted octanol–water partition coefficient (Wildman–Crippen LogP) is 16.3. The van der Waals surface area contributed by atoms with Crippen molar-refractivity contribution >= 4 is 71.6 Å². The van der Waals surface area contributed by atoms with Crippen LogP contribution in [-0.4, -0.2) is 4.57 Å². The fraction of sp³-hybridized carbons (Fsp3) is 0. The molecular weight excluding hydrogens is 741 g/mol. The van der Waals surface area contributed by atoms with Gasteiger partial charge in [0, 0.05) is 55.0 Å². The zero-order chi connectivity index (χ0) is 47.2. The van der Waals surface area contributed by atoms with Crippen LogP contribution < -0.4 is 4.90 Å². The molecule has 0 aliphatic rings. The fourth-order valence-electron chi connectivity index (χ4n) is 8.77. The minimum atomic E-state index is -0.435. The summed E-state index contributed by atoms with van der Waals surface area (Å²) in [5.74, 6) is 0. The van der Waals surface area contributed by atoms with E-state index in [2.05, 4.69) is 22.8 Å². The molecule has 0 fully saturated rings. The van der Waals surface area contributed by atoms with E-state index in [1.807, 2.05) is 121 Å². The summed E-state index contributed by atoms with van der Waals surface area (Å²) in [6, 6.07) is 54.4. The van der Waals surface area contributed by atoms with Gasteiger partial charge in [-0.25, -0.2) is 0 Å². The Labute approximate surface area is 364 Å². The molecule has 3 nitrogen and oxygen atoms in total. The van der Waals surface area contributed by atoms with Crippen molar-refractivity contribution in [2.75, 3.05) is 4.90 Å². The summed E-state index contributed by atoms with van der Waals surface area (Å²) >= 11 is 0. The van der Waals surface area contributed by atoms with Crippen LogP contribution in [0.5, 0.6) is 0 Å². The first-order valence-electron chi connectivity index (χ1n) is 24.2. The maximum absolute atomic E-state index is 9.97. The molecule has 0 saturated carbocycles. The molecule has 0 amide bonds. The highest BCUT2D eigenvalue weighted by molar-refractivity contribution is 6.18. The van der Waals surface area contributed by atoms with Gasteiger partial charge in [-0.05, 0) is 76.6 Å². The molecule has 0 spiro atoms. The van der Waals surface area contributed by atoms with Crippen molar-refractivity contribution in [3.8, 4) is 39.1 Å². The Balaban J connectivity index is 1.14. The Hall–Kier alpha value is -8.14. The number of benzene rings is 10. The summed E-state index contributed by atoms with van der Waals surface area (Å²) in [7, 11) is 0. The SMILES string of the molecule is [2H]c1c([2H])c(N(c2ccccc2-c2cccc3c2oc2c4ccccc4ccc32)c2c([2H])c([2H])c(-c3ccccc3-n3c4ccccc4c4ccccc43)c([2H])c2[2H])c([2H])c([2H])c1-c1ccccc1. The normalized spacial score (nSPS) is 13.4.